The van der Waals surface area contributed by atoms with Gasteiger partial charge in [0.1, 0.15) is 11.6 Å². The van der Waals surface area contributed by atoms with Crippen molar-refractivity contribution < 1.29 is 13.6 Å². The van der Waals surface area contributed by atoms with Crippen molar-refractivity contribution >= 4 is 11.7 Å². The molecule has 0 radical (unpaired) electrons. The number of likely N-dealkylation sites (N-methyl/N-ethyl adjacent to an activating group) is 1. The van der Waals surface area contributed by atoms with Gasteiger partial charge in [0.05, 0.1) is 0 Å². The van der Waals surface area contributed by atoms with E-state index in [0.29, 0.717) is 19.1 Å². The smallest absolute Gasteiger partial charge is 0.321 e. The number of nitrogens with zero attached hydrogens (tertiary/aromatic N) is 3. The van der Waals surface area contributed by atoms with Crippen LogP contribution in [0.5, 0.6) is 0 Å². The average molecular weight is 352 g/mol. The molecule has 0 spiro atoms. The van der Waals surface area contributed by atoms with E-state index >= 15 is 0 Å². The first kappa shape index (κ1) is 18.1. The molecule has 0 aliphatic carbocycles. The molecule has 1 aromatic rings. The van der Waals surface area contributed by atoms with Gasteiger partial charge >= 0.3 is 6.03 Å². The van der Waals surface area contributed by atoms with E-state index in [4.69, 9.17) is 0 Å². The Labute approximate surface area is 147 Å². The van der Waals surface area contributed by atoms with Crippen LogP contribution in [-0.2, 0) is 0 Å². The van der Waals surface area contributed by atoms with Gasteiger partial charge in [-0.15, -0.1) is 0 Å². The molecule has 0 aromatic heterocycles. The van der Waals surface area contributed by atoms with Crippen LogP contribution >= 0.6 is 0 Å². The molecular formula is C18H26F2N4O. The molecule has 2 fully saturated rings. The van der Waals surface area contributed by atoms with Crippen LogP contribution in [0.3, 0.4) is 0 Å². The fourth-order valence-corrected chi connectivity index (χ4v) is 3.62. The zero-order valence-corrected chi connectivity index (χ0v) is 14.7. The van der Waals surface area contributed by atoms with Crippen LogP contribution in [0.4, 0.5) is 19.3 Å². The number of piperazine rings is 1. The second kappa shape index (κ2) is 8.10. The number of rotatable bonds is 2. The molecule has 1 aromatic carbocycles. The summed E-state index contributed by atoms with van der Waals surface area (Å²) in [6.07, 6.45) is 3.13. The first-order chi connectivity index (χ1) is 12.0. The van der Waals surface area contributed by atoms with Crippen molar-refractivity contribution in [1.29, 1.82) is 0 Å². The number of hydrogen-bond donors (Lipinski definition) is 1. The van der Waals surface area contributed by atoms with Gasteiger partial charge in [-0.05, 0) is 32.0 Å². The third kappa shape index (κ3) is 4.89. The van der Waals surface area contributed by atoms with E-state index in [1.54, 1.807) is 4.90 Å². The van der Waals surface area contributed by atoms with Crippen molar-refractivity contribution in [3.63, 3.8) is 0 Å². The third-order valence-corrected chi connectivity index (χ3v) is 5.10. The fourth-order valence-electron chi connectivity index (χ4n) is 3.62. The van der Waals surface area contributed by atoms with Crippen LogP contribution in [0.2, 0.25) is 0 Å². The number of amides is 2. The van der Waals surface area contributed by atoms with Crippen LogP contribution in [0.25, 0.3) is 0 Å². The molecule has 0 bridgehead atoms. The monoisotopic (exact) mass is 352 g/mol. The number of hydrogen-bond acceptors (Lipinski definition) is 3. The third-order valence-electron chi connectivity index (χ3n) is 5.10. The lowest BCUT2D eigenvalue weighted by Crippen LogP contribution is -2.52. The fraction of sp³-hybridized carbons (Fsp3) is 0.611. The number of carbonyl (C=O) groups is 1. The molecule has 5 nitrogen and oxygen atoms in total. The second-order valence-electron chi connectivity index (χ2n) is 7.02. The molecule has 7 heteroatoms. The Kier molecular flexibility index (Phi) is 5.86. The van der Waals surface area contributed by atoms with Gasteiger partial charge in [0.25, 0.3) is 0 Å². The topological polar surface area (TPSA) is 38.8 Å². The van der Waals surface area contributed by atoms with E-state index in [1.807, 2.05) is 0 Å². The van der Waals surface area contributed by atoms with Crippen molar-refractivity contribution in [2.45, 2.75) is 25.3 Å². The van der Waals surface area contributed by atoms with Crippen molar-refractivity contribution in [2.75, 3.05) is 51.6 Å². The summed E-state index contributed by atoms with van der Waals surface area (Å²) in [6, 6.07) is 3.13. The van der Waals surface area contributed by atoms with E-state index in [9.17, 15) is 13.6 Å². The predicted molar refractivity (Wildman–Crippen MR) is 93.7 cm³/mol. The summed E-state index contributed by atoms with van der Waals surface area (Å²) in [4.78, 5) is 19.1. The van der Waals surface area contributed by atoms with Gasteiger partial charge in [-0.2, -0.15) is 0 Å². The van der Waals surface area contributed by atoms with Gasteiger partial charge < -0.3 is 15.1 Å². The Morgan fingerprint density at radius 1 is 1.04 bits per heavy atom. The summed E-state index contributed by atoms with van der Waals surface area (Å²) < 4.78 is 26.6. The number of urea groups is 1. The molecule has 2 saturated heterocycles. The molecule has 25 heavy (non-hydrogen) atoms. The molecule has 138 valence electrons. The first-order valence-corrected chi connectivity index (χ1v) is 8.96. The molecule has 2 heterocycles. The second-order valence-corrected chi connectivity index (χ2v) is 7.02. The Hall–Kier alpha value is -1.73. The number of nitrogens with one attached hydrogen (secondary N) is 1. The SMILES string of the molecule is CN1CCN([C@@H]2CCCCN(C(=O)Nc3cc(F)cc(F)c3)C2)CC1. The van der Waals surface area contributed by atoms with Gasteiger partial charge in [0.15, 0.2) is 0 Å². The molecule has 0 unspecified atom stereocenters. The predicted octanol–water partition coefficient (Wildman–Crippen LogP) is 2.60. The van der Waals surface area contributed by atoms with Crippen LogP contribution in [0.1, 0.15) is 19.3 Å². The number of halogens is 2. The van der Waals surface area contributed by atoms with Gasteiger partial charge in [-0.25, -0.2) is 13.6 Å². The summed E-state index contributed by atoms with van der Waals surface area (Å²) in [5, 5.41) is 2.63. The van der Waals surface area contributed by atoms with Gasteiger partial charge in [-0.1, -0.05) is 6.42 Å². The maximum atomic E-state index is 13.3. The summed E-state index contributed by atoms with van der Waals surface area (Å²) in [7, 11) is 2.13. The lowest BCUT2D eigenvalue weighted by atomic mass is 10.1. The molecule has 2 aliphatic heterocycles. The average Bonchev–Trinajstić information content (AvgIpc) is 2.81. The quantitative estimate of drug-likeness (QED) is 0.889. The number of carbonyl (C=O) groups excluding carboxylic acids is 1. The number of benzene rings is 1. The lowest BCUT2D eigenvalue weighted by molar-refractivity contribution is 0.0948. The van der Waals surface area contributed by atoms with Crippen molar-refractivity contribution in [3.8, 4) is 0 Å². The normalized spacial score (nSPS) is 23.3. The summed E-state index contributed by atoms with van der Waals surface area (Å²) >= 11 is 0. The Morgan fingerprint density at radius 3 is 2.40 bits per heavy atom. The van der Waals surface area contributed by atoms with E-state index in [1.165, 1.54) is 0 Å². The van der Waals surface area contributed by atoms with Crippen LogP contribution in [-0.4, -0.2) is 73.1 Å². The van der Waals surface area contributed by atoms with Crippen LogP contribution in [0, 0.1) is 11.6 Å². The van der Waals surface area contributed by atoms with Crippen molar-refractivity contribution in [2.24, 2.45) is 0 Å². The molecule has 2 aliphatic rings. The summed E-state index contributed by atoms with van der Waals surface area (Å²) in [6.45, 7) is 5.47. The van der Waals surface area contributed by atoms with E-state index in [0.717, 1.165) is 63.6 Å². The largest absolute Gasteiger partial charge is 0.323 e. The minimum atomic E-state index is -0.693. The zero-order valence-electron chi connectivity index (χ0n) is 14.7. The number of likely N-dealkylation sites (tertiary alicyclic amines) is 1. The Bertz CT molecular complexity index is 584. The van der Waals surface area contributed by atoms with E-state index < -0.39 is 11.6 Å². The van der Waals surface area contributed by atoms with Gasteiger partial charge in [0, 0.05) is 57.1 Å². The zero-order chi connectivity index (χ0) is 17.8. The van der Waals surface area contributed by atoms with E-state index in [2.05, 4.69) is 22.2 Å². The lowest BCUT2D eigenvalue weighted by Gasteiger charge is -2.39. The van der Waals surface area contributed by atoms with Gasteiger partial charge in [0.2, 0.25) is 0 Å². The highest BCUT2D eigenvalue weighted by Gasteiger charge is 2.28. The molecule has 3 rings (SSSR count). The highest BCUT2D eigenvalue weighted by molar-refractivity contribution is 5.89. The summed E-state index contributed by atoms with van der Waals surface area (Å²) in [5.74, 6) is -1.39. The highest BCUT2D eigenvalue weighted by atomic mass is 19.1. The standard InChI is InChI=1S/C18H26F2N4O/c1-22-6-8-23(9-7-22)17-4-2-3-5-24(13-17)18(25)21-16-11-14(19)10-15(20)12-16/h10-12,17H,2-9,13H2,1H3,(H,21,25)/t17-/m1/s1. The van der Waals surface area contributed by atoms with Gasteiger partial charge in [-0.3, -0.25) is 4.90 Å². The van der Waals surface area contributed by atoms with Crippen molar-refractivity contribution in [1.82, 2.24) is 14.7 Å². The molecule has 2 amide bonds. The van der Waals surface area contributed by atoms with Crippen LogP contribution < -0.4 is 5.32 Å². The minimum Gasteiger partial charge on any atom is -0.323 e. The minimum absolute atomic E-state index is 0.155. The molecular weight excluding hydrogens is 326 g/mol. The number of anilines is 1. The first-order valence-electron chi connectivity index (χ1n) is 8.96. The molecule has 0 saturated carbocycles. The maximum absolute atomic E-state index is 13.3. The maximum Gasteiger partial charge on any atom is 0.321 e. The van der Waals surface area contributed by atoms with E-state index in [-0.39, 0.29) is 11.7 Å². The Balaban J connectivity index is 1.62. The van der Waals surface area contributed by atoms with Crippen LogP contribution in [0.15, 0.2) is 18.2 Å². The highest BCUT2D eigenvalue weighted by Crippen LogP contribution is 2.19. The molecule has 1 N–H and O–H groups in total. The Morgan fingerprint density at radius 2 is 1.72 bits per heavy atom. The summed E-state index contributed by atoms with van der Waals surface area (Å²) in [5.41, 5.74) is 0.155. The van der Waals surface area contributed by atoms with Crippen molar-refractivity contribution in [3.05, 3.63) is 29.8 Å². The molecule has 1 atom stereocenters.